The van der Waals surface area contributed by atoms with Crippen molar-refractivity contribution in [3.05, 3.63) is 35.0 Å². The molecule has 4 nitrogen and oxygen atoms in total. The van der Waals surface area contributed by atoms with Crippen molar-refractivity contribution >= 4 is 34.1 Å². The first-order chi connectivity index (χ1) is 16.2. The van der Waals surface area contributed by atoms with Gasteiger partial charge in [0.2, 0.25) is 5.91 Å². The summed E-state index contributed by atoms with van der Waals surface area (Å²) in [5.74, 6) is 2.30. The number of amides is 1. The monoisotopic (exact) mass is 493 g/mol. The van der Waals surface area contributed by atoms with Crippen LogP contribution in [0.4, 0.5) is 18.9 Å². The Labute approximate surface area is 203 Å². The number of hydrogen-bond donors (Lipinski definition) is 1. The van der Waals surface area contributed by atoms with Gasteiger partial charge in [0.1, 0.15) is 5.69 Å². The van der Waals surface area contributed by atoms with Gasteiger partial charge in [-0.2, -0.15) is 13.2 Å². The highest BCUT2D eigenvalue weighted by Crippen LogP contribution is 2.49. The van der Waals surface area contributed by atoms with Gasteiger partial charge < -0.3 is 10.2 Å². The SMILES string of the molecule is CN(c1cc(C(F)(F)F)nc2ccc(Cl)cc12)C1CCC(NC(=O)CC2CC3CCC2C3)CC1. The molecule has 0 aliphatic heterocycles. The molecule has 1 aromatic heterocycles. The number of anilines is 1. The smallest absolute Gasteiger partial charge is 0.371 e. The first-order valence-electron chi connectivity index (χ1n) is 12.4. The number of nitrogens with zero attached hydrogens (tertiary/aromatic N) is 2. The molecular weight excluding hydrogens is 463 g/mol. The summed E-state index contributed by atoms with van der Waals surface area (Å²) >= 11 is 6.15. The predicted molar refractivity (Wildman–Crippen MR) is 128 cm³/mol. The van der Waals surface area contributed by atoms with E-state index in [2.05, 4.69) is 10.3 Å². The van der Waals surface area contributed by atoms with Crippen LogP contribution in [0.25, 0.3) is 10.9 Å². The highest BCUT2D eigenvalue weighted by atomic mass is 35.5. The fourth-order valence-electron chi connectivity index (χ4n) is 6.57. The Kier molecular flexibility index (Phi) is 6.42. The molecule has 3 aliphatic rings. The molecule has 0 saturated heterocycles. The van der Waals surface area contributed by atoms with E-state index in [0.717, 1.165) is 43.6 Å². The van der Waals surface area contributed by atoms with Crippen LogP contribution in [0.3, 0.4) is 0 Å². The summed E-state index contributed by atoms with van der Waals surface area (Å²) in [5.41, 5.74) is -0.128. The summed E-state index contributed by atoms with van der Waals surface area (Å²) in [7, 11) is 1.84. The van der Waals surface area contributed by atoms with Crippen molar-refractivity contribution in [1.82, 2.24) is 10.3 Å². The van der Waals surface area contributed by atoms with Gasteiger partial charge in [0.25, 0.3) is 0 Å². The third kappa shape index (κ3) is 4.86. The fraction of sp³-hybridized carbons (Fsp3) is 0.615. The van der Waals surface area contributed by atoms with E-state index in [1.807, 2.05) is 11.9 Å². The molecule has 1 aromatic carbocycles. The number of hydrogen-bond acceptors (Lipinski definition) is 3. The number of halogens is 4. The fourth-order valence-corrected chi connectivity index (χ4v) is 6.74. The molecule has 8 heteroatoms. The van der Waals surface area contributed by atoms with Crippen molar-refractivity contribution in [2.24, 2.45) is 17.8 Å². The largest absolute Gasteiger partial charge is 0.433 e. The van der Waals surface area contributed by atoms with Crippen molar-refractivity contribution in [3.63, 3.8) is 0 Å². The van der Waals surface area contributed by atoms with Crippen molar-refractivity contribution in [2.45, 2.75) is 76.0 Å². The van der Waals surface area contributed by atoms with E-state index in [4.69, 9.17) is 11.6 Å². The summed E-state index contributed by atoms with van der Waals surface area (Å²) in [6.45, 7) is 0. The second-order valence-corrected chi connectivity index (χ2v) is 10.9. The van der Waals surface area contributed by atoms with Crippen LogP contribution < -0.4 is 10.2 Å². The number of carbonyl (C=O) groups is 1. The van der Waals surface area contributed by atoms with Gasteiger partial charge in [-0.3, -0.25) is 4.79 Å². The zero-order valence-corrected chi connectivity index (χ0v) is 20.1. The topological polar surface area (TPSA) is 45.2 Å². The highest BCUT2D eigenvalue weighted by molar-refractivity contribution is 6.31. The second-order valence-electron chi connectivity index (χ2n) is 10.5. The lowest BCUT2D eigenvalue weighted by atomic mass is 9.85. The van der Waals surface area contributed by atoms with Crippen molar-refractivity contribution < 1.29 is 18.0 Å². The van der Waals surface area contributed by atoms with E-state index < -0.39 is 11.9 Å². The molecule has 184 valence electrons. The Bertz CT molecular complexity index is 1070. The van der Waals surface area contributed by atoms with E-state index in [1.165, 1.54) is 31.7 Å². The van der Waals surface area contributed by atoms with Gasteiger partial charge in [0.15, 0.2) is 0 Å². The van der Waals surface area contributed by atoms with Gasteiger partial charge >= 0.3 is 6.18 Å². The quantitative estimate of drug-likeness (QED) is 0.510. The van der Waals surface area contributed by atoms with E-state index in [9.17, 15) is 18.0 Å². The molecule has 2 aromatic rings. The molecule has 3 saturated carbocycles. The Hall–Kier alpha value is -2.02. The van der Waals surface area contributed by atoms with E-state index >= 15 is 0 Å². The molecule has 3 fully saturated rings. The third-order valence-electron chi connectivity index (χ3n) is 8.36. The molecule has 34 heavy (non-hydrogen) atoms. The number of rotatable bonds is 5. The first-order valence-corrected chi connectivity index (χ1v) is 12.7. The van der Waals surface area contributed by atoms with Crippen molar-refractivity contribution in [1.29, 1.82) is 0 Å². The maximum absolute atomic E-state index is 13.5. The molecular formula is C26H31ClF3N3O. The van der Waals surface area contributed by atoms with Crippen LogP contribution >= 0.6 is 11.6 Å². The number of fused-ring (bicyclic) bond motifs is 3. The number of pyridine rings is 1. The Morgan fingerprint density at radius 2 is 1.88 bits per heavy atom. The molecule has 1 heterocycles. The standard InChI is InChI=1S/C26H31ClF3N3O/c1-33(23-14-24(26(28,29)30)32-22-9-4-18(27)13-21(22)23)20-7-5-19(6-8-20)31-25(34)12-17-11-15-2-3-16(17)10-15/h4,9,13-17,19-20H,2-3,5-8,10-12H2,1H3,(H,31,34). The maximum atomic E-state index is 13.5. The number of alkyl halides is 3. The zero-order valence-electron chi connectivity index (χ0n) is 19.4. The average molecular weight is 494 g/mol. The molecule has 0 spiro atoms. The third-order valence-corrected chi connectivity index (χ3v) is 8.60. The van der Waals surface area contributed by atoms with E-state index in [-0.39, 0.29) is 23.5 Å². The summed E-state index contributed by atoms with van der Waals surface area (Å²) in [6.07, 6.45) is 4.52. The van der Waals surface area contributed by atoms with Crippen LogP contribution in [0.15, 0.2) is 24.3 Å². The summed E-state index contributed by atoms with van der Waals surface area (Å²) < 4.78 is 40.5. The minimum atomic E-state index is -4.52. The van der Waals surface area contributed by atoms with Gasteiger partial charge in [0, 0.05) is 41.6 Å². The zero-order chi connectivity index (χ0) is 24.0. The number of benzene rings is 1. The van der Waals surface area contributed by atoms with Crippen molar-refractivity contribution in [3.8, 4) is 0 Å². The molecule has 3 atom stereocenters. The van der Waals surface area contributed by atoms with Crippen LogP contribution in [-0.2, 0) is 11.0 Å². The summed E-state index contributed by atoms with van der Waals surface area (Å²) in [4.78, 5) is 18.4. The molecule has 2 bridgehead atoms. The summed E-state index contributed by atoms with van der Waals surface area (Å²) in [5, 5.41) is 4.32. The van der Waals surface area contributed by atoms with E-state index in [1.54, 1.807) is 12.1 Å². The molecule has 0 radical (unpaired) electrons. The molecule has 1 N–H and O–H groups in total. The number of nitrogens with one attached hydrogen (secondary N) is 1. The van der Waals surface area contributed by atoms with Crippen LogP contribution in [-0.4, -0.2) is 30.0 Å². The lowest BCUT2D eigenvalue weighted by Crippen LogP contribution is -2.43. The lowest BCUT2D eigenvalue weighted by molar-refractivity contribution is -0.140. The normalized spacial score (nSPS) is 28.9. The minimum absolute atomic E-state index is 0.0874. The number of aromatic nitrogens is 1. The Balaban J connectivity index is 1.23. The first kappa shape index (κ1) is 23.7. The van der Waals surface area contributed by atoms with Crippen LogP contribution in [0, 0.1) is 17.8 Å². The van der Waals surface area contributed by atoms with Crippen LogP contribution in [0.5, 0.6) is 0 Å². The Morgan fingerprint density at radius 1 is 1.12 bits per heavy atom. The van der Waals surface area contributed by atoms with Gasteiger partial charge in [-0.25, -0.2) is 4.98 Å². The molecule has 1 amide bonds. The average Bonchev–Trinajstić information content (AvgIpc) is 3.41. The second kappa shape index (κ2) is 9.21. The van der Waals surface area contributed by atoms with Crippen LogP contribution in [0.1, 0.15) is 63.5 Å². The molecule has 3 aliphatic carbocycles. The molecule has 5 rings (SSSR count). The van der Waals surface area contributed by atoms with Gasteiger partial charge in [-0.15, -0.1) is 0 Å². The van der Waals surface area contributed by atoms with Gasteiger partial charge in [-0.1, -0.05) is 18.0 Å². The number of carbonyl (C=O) groups excluding carboxylic acids is 1. The molecule has 3 unspecified atom stereocenters. The van der Waals surface area contributed by atoms with Gasteiger partial charge in [0.05, 0.1) is 5.52 Å². The summed E-state index contributed by atoms with van der Waals surface area (Å²) in [6, 6.07) is 6.13. The lowest BCUT2D eigenvalue weighted by Gasteiger charge is -2.37. The maximum Gasteiger partial charge on any atom is 0.433 e. The Morgan fingerprint density at radius 3 is 2.53 bits per heavy atom. The van der Waals surface area contributed by atoms with Crippen LogP contribution in [0.2, 0.25) is 5.02 Å². The van der Waals surface area contributed by atoms with Gasteiger partial charge in [-0.05, 0) is 87.0 Å². The minimum Gasteiger partial charge on any atom is -0.371 e. The van der Waals surface area contributed by atoms with Crippen molar-refractivity contribution in [2.75, 3.05) is 11.9 Å². The van der Waals surface area contributed by atoms with E-state index in [0.29, 0.717) is 28.4 Å². The highest BCUT2D eigenvalue weighted by Gasteiger charge is 2.40. The predicted octanol–water partition coefficient (Wildman–Crippen LogP) is 6.60.